The van der Waals surface area contributed by atoms with Gasteiger partial charge in [-0.3, -0.25) is 0 Å². The molecule has 1 nitrogen and oxygen atoms in total. The standard InChI is InChI=1S/C16H29N/c1-5-6-7-12-17-13-14-8-10-15(11-9-14)16(2,3)4/h1,14-15,17H,6-13H2,2-4H3. The van der Waals surface area contributed by atoms with Gasteiger partial charge < -0.3 is 5.32 Å². The Morgan fingerprint density at radius 2 is 1.82 bits per heavy atom. The number of terminal acetylenes is 1. The summed E-state index contributed by atoms with van der Waals surface area (Å²) in [6, 6.07) is 0. The molecular weight excluding hydrogens is 206 g/mol. The monoisotopic (exact) mass is 235 g/mol. The van der Waals surface area contributed by atoms with Crippen molar-refractivity contribution in [3.8, 4) is 12.3 Å². The molecule has 1 aliphatic rings. The van der Waals surface area contributed by atoms with E-state index in [1.165, 1.54) is 32.2 Å². The van der Waals surface area contributed by atoms with Crippen molar-refractivity contribution in [3.05, 3.63) is 0 Å². The quantitative estimate of drug-likeness (QED) is 0.564. The topological polar surface area (TPSA) is 12.0 Å². The van der Waals surface area contributed by atoms with Crippen LogP contribution in [0.25, 0.3) is 0 Å². The fraction of sp³-hybridized carbons (Fsp3) is 0.875. The lowest BCUT2D eigenvalue weighted by atomic mass is 9.70. The van der Waals surface area contributed by atoms with Crippen molar-refractivity contribution in [1.82, 2.24) is 5.32 Å². The molecule has 0 aromatic rings. The molecule has 0 atom stereocenters. The van der Waals surface area contributed by atoms with Crippen LogP contribution >= 0.6 is 0 Å². The second kappa shape index (κ2) is 7.07. The summed E-state index contributed by atoms with van der Waals surface area (Å²) in [4.78, 5) is 0. The highest BCUT2D eigenvalue weighted by molar-refractivity contribution is 4.84. The number of nitrogens with one attached hydrogen (secondary N) is 1. The molecule has 1 rings (SSSR count). The van der Waals surface area contributed by atoms with E-state index in [2.05, 4.69) is 32.0 Å². The Hall–Kier alpha value is -0.480. The average Bonchev–Trinajstić information content (AvgIpc) is 2.28. The largest absolute Gasteiger partial charge is 0.316 e. The molecule has 1 heteroatoms. The van der Waals surface area contributed by atoms with Crippen LogP contribution in [0.1, 0.15) is 59.3 Å². The van der Waals surface area contributed by atoms with E-state index in [1.807, 2.05) is 0 Å². The molecule has 0 saturated heterocycles. The predicted octanol–water partition coefficient (Wildman–Crippen LogP) is 3.84. The zero-order valence-corrected chi connectivity index (χ0v) is 11.9. The first kappa shape index (κ1) is 14.6. The molecule has 0 aliphatic heterocycles. The van der Waals surface area contributed by atoms with Crippen LogP contribution in [0, 0.1) is 29.6 Å². The van der Waals surface area contributed by atoms with Gasteiger partial charge in [-0.25, -0.2) is 0 Å². The molecule has 0 spiro atoms. The highest BCUT2D eigenvalue weighted by Gasteiger charge is 2.29. The van der Waals surface area contributed by atoms with Crippen molar-refractivity contribution in [1.29, 1.82) is 0 Å². The van der Waals surface area contributed by atoms with Crippen LogP contribution < -0.4 is 5.32 Å². The summed E-state index contributed by atoms with van der Waals surface area (Å²) in [6.07, 6.45) is 12.9. The van der Waals surface area contributed by atoms with E-state index >= 15 is 0 Å². The Morgan fingerprint density at radius 3 is 2.35 bits per heavy atom. The van der Waals surface area contributed by atoms with Gasteiger partial charge in [0.2, 0.25) is 0 Å². The summed E-state index contributed by atoms with van der Waals surface area (Å²) < 4.78 is 0. The highest BCUT2D eigenvalue weighted by atomic mass is 14.9. The molecule has 0 bridgehead atoms. The molecule has 0 amide bonds. The van der Waals surface area contributed by atoms with Gasteiger partial charge >= 0.3 is 0 Å². The van der Waals surface area contributed by atoms with Gasteiger partial charge in [0.05, 0.1) is 0 Å². The Kier molecular flexibility index (Phi) is 6.06. The van der Waals surface area contributed by atoms with Gasteiger partial charge in [-0.05, 0) is 62.4 Å². The molecule has 1 aliphatic carbocycles. The second-order valence-corrected chi connectivity index (χ2v) is 6.60. The molecule has 98 valence electrons. The zero-order chi connectivity index (χ0) is 12.7. The third kappa shape index (κ3) is 5.59. The van der Waals surface area contributed by atoms with E-state index in [0.717, 1.165) is 31.2 Å². The van der Waals surface area contributed by atoms with E-state index < -0.39 is 0 Å². The van der Waals surface area contributed by atoms with E-state index in [4.69, 9.17) is 6.42 Å². The number of hydrogen-bond acceptors (Lipinski definition) is 1. The van der Waals surface area contributed by atoms with Gasteiger partial charge in [-0.15, -0.1) is 12.3 Å². The van der Waals surface area contributed by atoms with Gasteiger partial charge in [0.15, 0.2) is 0 Å². The SMILES string of the molecule is C#CCCCNCC1CCC(C(C)(C)C)CC1. The lowest BCUT2D eigenvalue weighted by Crippen LogP contribution is -2.31. The van der Waals surface area contributed by atoms with Crippen molar-refractivity contribution in [2.24, 2.45) is 17.3 Å². The Morgan fingerprint density at radius 1 is 1.18 bits per heavy atom. The molecule has 0 aromatic heterocycles. The maximum atomic E-state index is 5.23. The minimum Gasteiger partial charge on any atom is -0.316 e. The number of hydrogen-bond donors (Lipinski definition) is 1. The van der Waals surface area contributed by atoms with Gasteiger partial charge in [0.25, 0.3) is 0 Å². The third-order valence-electron chi connectivity index (χ3n) is 4.18. The van der Waals surface area contributed by atoms with Crippen molar-refractivity contribution in [2.45, 2.75) is 59.3 Å². The van der Waals surface area contributed by atoms with Crippen molar-refractivity contribution in [3.63, 3.8) is 0 Å². The summed E-state index contributed by atoms with van der Waals surface area (Å²) >= 11 is 0. The smallest absolute Gasteiger partial charge is 0.00981 e. The summed E-state index contributed by atoms with van der Waals surface area (Å²) in [5.74, 6) is 4.52. The molecule has 17 heavy (non-hydrogen) atoms. The van der Waals surface area contributed by atoms with Crippen LogP contribution in [0.3, 0.4) is 0 Å². The van der Waals surface area contributed by atoms with E-state index in [1.54, 1.807) is 0 Å². The Bertz CT molecular complexity index is 235. The molecule has 1 N–H and O–H groups in total. The molecule has 0 aromatic carbocycles. The first-order valence-electron chi connectivity index (χ1n) is 7.18. The summed E-state index contributed by atoms with van der Waals surface area (Å²) in [5.41, 5.74) is 0.505. The fourth-order valence-corrected chi connectivity index (χ4v) is 2.85. The molecular formula is C16H29N. The zero-order valence-electron chi connectivity index (χ0n) is 11.9. The number of rotatable bonds is 5. The second-order valence-electron chi connectivity index (χ2n) is 6.60. The first-order valence-corrected chi connectivity index (χ1v) is 7.18. The van der Waals surface area contributed by atoms with Crippen molar-refractivity contribution >= 4 is 0 Å². The molecule has 0 heterocycles. The van der Waals surface area contributed by atoms with Crippen LogP contribution in [0.15, 0.2) is 0 Å². The van der Waals surface area contributed by atoms with Gasteiger partial charge in [0.1, 0.15) is 0 Å². The van der Waals surface area contributed by atoms with E-state index in [9.17, 15) is 0 Å². The van der Waals surface area contributed by atoms with Crippen LogP contribution in [-0.2, 0) is 0 Å². The third-order valence-corrected chi connectivity index (χ3v) is 4.18. The average molecular weight is 235 g/mol. The minimum atomic E-state index is 0.505. The van der Waals surface area contributed by atoms with Crippen LogP contribution in [0.2, 0.25) is 0 Å². The molecule has 0 unspecified atom stereocenters. The van der Waals surface area contributed by atoms with Crippen molar-refractivity contribution < 1.29 is 0 Å². The van der Waals surface area contributed by atoms with Crippen LogP contribution in [0.5, 0.6) is 0 Å². The maximum absolute atomic E-state index is 5.23. The lowest BCUT2D eigenvalue weighted by molar-refractivity contribution is 0.149. The van der Waals surface area contributed by atoms with Gasteiger partial charge in [-0.1, -0.05) is 20.8 Å². The maximum Gasteiger partial charge on any atom is 0.00981 e. The van der Waals surface area contributed by atoms with Crippen LogP contribution in [-0.4, -0.2) is 13.1 Å². The van der Waals surface area contributed by atoms with E-state index in [0.29, 0.717) is 5.41 Å². The molecule has 1 fully saturated rings. The normalized spacial score (nSPS) is 25.5. The molecule has 0 radical (unpaired) electrons. The van der Waals surface area contributed by atoms with Crippen LogP contribution in [0.4, 0.5) is 0 Å². The minimum absolute atomic E-state index is 0.505. The summed E-state index contributed by atoms with van der Waals surface area (Å²) in [7, 11) is 0. The predicted molar refractivity (Wildman–Crippen MR) is 75.8 cm³/mol. The fourth-order valence-electron chi connectivity index (χ4n) is 2.85. The molecule has 1 saturated carbocycles. The lowest BCUT2D eigenvalue weighted by Gasteiger charge is -2.37. The van der Waals surface area contributed by atoms with Gasteiger partial charge in [0, 0.05) is 6.42 Å². The van der Waals surface area contributed by atoms with Gasteiger partial charge in [-0.2, -0.15) is 0 Å². The Balaban J connectivity index is 2.09. The highest BCUT2D eigenvalue weighted by Crippen LogP contribution is 2.39. The summed E-state index contributed by atoms with van der Waals surface area (Å²) in [5, 5.41) is 3.55. The Labute approximate surface area is 108 Å². The first-order chi connectivity index (χ1) is 8.04. The van der Waals surface area contributed by atoms with Crippen molar-refractivity contribution in [2.75, 3.05) is 13.1 Å². The summed E-state index contributed by atoms with van der Waals surface area (Å²) in [6.45, 7) is 9.44. The van der Waals surface area contributed by atoms with E-state index in [-0.39, 0.29) is 0 Å². The number of unbranched alkanes of at least 4 members (excludes halogenated alkanes) is 1.